The first-order valence-corrected chi connectivity index (χ1v) is 6.78. The van der Waals surface area contributed by atoms with Crippen LogP contribution in [0.1, 0.15) is 39.5 Å². The van der Waals surface area contributed by atoms with Gasteiger partial charge in [0, 0.05) is 26.1 Å². The third-order valence-electron chi connectivity index (χ3n) is 4.02. The Balaban J connectivity index is 2.57. The highest BCUT2D eigenvalue weighted by Gasteiger charge is 2.40. The van der Waals surface area contributed by atoms with Gasteiger partial charge in [0.05, 0.1) is 12.0 Å². The van der Waals surface area contributed by atoms with Crippen molar-refractivity contribution in [1.29, 1.82) is 0 Å². The lowest BCUT2D eigenvalue weighted by molar-refractivity contribution is -0.144. The van der Waals surface area contributed by atoms with Crippen LogP contribution < -0.4 is 5.73 Å². The number of nitrogens with zero attached hydrogens (tertiary/aromatic N) is 2. The maximum atomic E-state index is 12.3. The number of amides is 1. The fourth-order valence-electron chi connectivity index (χ4n) is 2.34. The second kappa shape index (κ2) is 6.75. The lowest BCUT2D eigenvalue weighted by atomic mass is 9.77. The van der Waals surface area contributed by atoms with E-state index < -0.39 is 0 Å². The zero-order valence-corrected chi connectivity index (χ0v) is 12.1. The van der Waals surface area contributed by atoms with Crippen molar-refractivity contribution in [2.75, 3.05) is 20.2 Å². The Kier molecular flexibility index (Phi) is 5.60. The van der Waals surface area contributed by atoms with Crippen LogP contribution in [-0.4, -0.2) is 47.7 Å². The van der Waals surface area contributed by atoms with E-state index in [-0.39, 0.29) is 23.3 Å². The highest BCUT2D eigenvalue weighted by atomic mass is 16.5. The van der Waals surface area contributed by atoms with Crippen LogP contribution in [0.4, 0.5) is 0 Å². The molecule has 0 aromatic heterocycles. The quantitative estimate of drug-likeness (QED) is 0.315. The van der Waals surface area contributed by atoms with Crippen molar-refractivity contribution in [2.45, 2.75) is 45.1 Å². The van der Waals surface area contributed by atoms with E-state index in [0.29, 0.717) is 19.5 Å². The molecule has 0 aromatic rings. The summed E-state index contributed by atoms with van der Waals surface area (Å²) in [6, 6.07) is 0. The molecule has 1 fully saturated rings. The van der Waals surface area contributed by atoms with E-state index in [2.05, 4.69) is 5.16 Å². The molecule has 0 heterocycles. The molecule has 0 bridgehead atoms. The summed E-state index contributed by atoms with van der Waals surface area (Å²) in [6.07, 6.45) is 3.43. The monoisotopic (exact) mass is 271 g/mol. The van der Waals surface area contributed by atoms with Crippen LogP contribution >= 0.6 is 0 Å². The number of methoxy groups -OCH3 is 1. The van der Waals surface area contributed by atoms with Gasteiger partial charge in [0.2, 0.25) is 5.91 Å². The number of oxime groups is 1. The summed E-state index contributed by atoms with van der Waals surface area (Å²) in [7, 11) is 1.67. The number of ether oxygens (including phenoxy) is 1. The number of rotatable bonds is 7. The topological polar surface area (TPSA) is 88.1 Å². The first-order valence-electron chi connectivity index (χ1n) is 6.78. The van der Waals surface area contributed by atoms with Crippen LogP contribution in [0.15, 0.2) is 5.16 Å². The molecule has 1 unspecified atom stereocenters. The average molecular weight is 271 g/mol. The zero-order valence-electron chi connectivity index (χ0n) is 12.1. The van der Waals surface area contributed by atoms with Crippen molar-refractivity contribution in [3.8, 4) is 0 Å². The summed E-state index contributed by atoms with van der Waals surface area (Å²) in [4.78, 5) is 14.0. The van der Waals surface area contributed by atoms with Gasteiger partial charge in [0.1, 0.15) is 5.84 Å². The van der Waals surface area contributed by atoms with Gasteiger partial charge in [-0.05, 0) is 26.2 Å². The normalized spacial score (nSPS) is 19.6. The standard InChI is InChI=1S/C13H25N3O3/c1-4-16(9-10(2)12(14)15-18)11(17)8-13(19-3)6-5-7-13/h10,18H,4-9H2,1-3H3,(H2,14,15). The molecule has 3 N–H and O–H groups in total. The number of carbonyl (C=O) groups is 1. The molecule has 6 nitrogen and oxygen atoms in total. The maximum Gasteiger partial charge on any atom is 0.225 e. The van der Waals surface area contributed by atoms with E-state index in [4.69, 9.17) is 15.7 Å². The van der Waals surface area contributed by atoms with Gasteiger partial charge in [-0.1, -0.05) is 12.1 Å². The molecule has 1 atom stereocenters. The van der Waals surface area contributed by atoms with Gasteiger partial charge in [-0.3, -0.25) is 4.79 Å². The Morgan fingerprint density at radius 2 is 2.21 bits per heavy atom. The minimum Gasteiger partial charge on any atom is -0.409 e. The molecule has 19 heavy (non-hydrogen) atoms. The molecule has 0 aliphatic heterocycles. The van der Waals surface area contributed by atoms with Gasteiger partial charge >= 0.3 is 0 Å². The van der Waals surface area contributed by atoms with Crippen LogP contribution in [-0.2, 0) is 9.53 Å². The van der Waals surface area contributed by atoms with Crippen molar-refractivity contribution in [3.05, 3.63) is 0 Å². The van der Waals surface area contributed by atoms with E-state index in [0.717, 1.165) is 19.3 Å². The van der Waals surface area contributed by atoms with Crippen LogP contribution in [0.5, 0.6) is 0 Å². The van der Waals surface area contributed by atoms with Gasteiger partial charge in [0.15, 0.2) is 0 Å². The molecule has 1 aliphatic rings. The Morgan fingerprint density at radius 1 is 1.58 bits per heavy atom. The first-order chi connectivity index (χ1) is 8.98. The van der Waals surface area contributed by atoms with Crippen molar-refractivity contribution >= 4 is 11.7 Å². The van der Waals surface area contributed by atoms with Crippen LogP contribution in [0.2, 0.25) is 0 Å². The molecule has 0 aromatic carbocycles. The fraction of sp³-hybridized carbons (Fsp3) is 0.846. The van der Waals surface area contributed by atoms with Crippen LogP contribution in [0, 0.1) is 5.92 Å². The summed E-state index contributed by atoms with van der Waals surface area (Å²) >= 11 is 0. The van der Waals surface area contributed by atoms with Gasteiger partial charge in [-0.15, -0.1) is 0 Å². The SMILES string of the molecule is CCN(CC(C)C(N)=NO)C(=O)CC1(OC)CCC1. The molecule has 0 spiro atoms. The molecular weight excluding hydrogens is 246 g/mol. The average Bonchev–Trinajstić information content (AvgIpc) is 2.38. The summed E-state index contributed by atoms with van der Waals surface area (Å²) in [5.74, 6) is 0.0618. The first kappa shape index (κ1) is 15.8. The zero-order chi connectivity index (χ0) is 14.5. The van der Waals surface area contributed by atoms with Gasteiger partial charge in [0.25, 0.3) is 0 Å². The summed E-state index contributed by atoms with van der Waals surface area (Å²) < 4.78 is 5.48. The number of nitrogens with two attached hydrogens (primary N) is 1. The maximum absolute atomic E-state index is 12.3. The smallest absolute Gasteiger partial charge is 0.225 e. The van der Waals surface area contributed by atoms with Crippen LogP contribution in [0.3, 0.4) is 0 Å². The minimum atomic E-state index is -0.260. The fourth-order valence-corrected chi connectivity index (χ4v) is 2.34. The van der Waals surface area contributed by atoms with Gasteiger partial charge in [-0.25, -0.2) is 0 Å². The Hall–Kier alpha value is -1.30. The third-order valence-corrected chi connectivity index (χ3v) is 4.02. The lowest BCUT2D eigenvalue weighted by Crippen LogP contribution is -2.46. The lowest BCUT2D eigenvalue weighted by Gasteiger charge is -2.41. The molecule has 1 rings (SSSR count). The third kappa shape index (κ3) is 3.83. The van der Waals surface area contributed by atoms with Crippen molar-refractivity contribution in [2.24, 2.45) is 16.8 Å². The van der Waals surface area contributed by atoms with Gasteiger partial charge in [-0.2, -0.15) is 0 Å². The van der Waals surface area contributed by atoms with Crippen molar-refractivity contribution < 1.29 is 14.7 Å². The van der Waals surface area contributed by atoms with Crippen LogP contribution in [0.25, 0.3) is 0 Å². The summed E-state index contributed by atoms with van der Waals surface area (Å²) in [6.45, 7) is 4.84. The molecular formula is C13H25N3O3. The molecule has 1 amide bonds. The second-order valence-corrected chi connectivity index (χ2v) is 5.28. The Bertz CT molecular complexity index is 335. The largest absolute Gasteiger partial charge is 0.409 e. The molecule has 0 radical (unpaired) electrons. The minimum absolute atomic E-state index is 0.0710. The summed E-state index contributed by atoms with van der Waals surface area (Å²) in [5.41, 5.74) is 5.29. The molecule has 1 saturated carbocycles. The van der Waals surface area contributed by atoms with E-state index in [1.807, 2.05) is 13.8 Å². The number of hydrogen-bond acceptors (Lipinski definition) is 4. The van der Waals surface area contributed by atoms with E-state index in [1.54, 1.807) is 12.0 Å². The van der Waals surface area contributed by atoms with E-state index in [1.165, 1.54) is 0 Å². The van der Waals surface area contributed by atoms with Gasteiger partial charge < -0.3 is 20.6 Å². The Morgan fingerprint density at radius 3 is 2.58 bits per heavy atom. The highest BCUT2D eigenvalue weighted by molar-refractivity contribution is 5.83. The number of amidine groups is 1. The molecule has 110 valence electrons. The number of carbonyl (C=O) groups excluding carboxylic acids is 1. The van der Waals surface area contributed by atoms with E-state index in [9.17, 15) is 4.79 Å². The second-order valence-electron chi connectivity index (χ2n) is 5.28. The molecule has 0 saturated heterocycles. The van der Waals surface area contributed by atoms with E-state index >= 15 is 0 Å². The summed E-state index contributed by atoms with van der Waals surface area (Å²) in [5, 5.41) is 11.6. The molecule has 1 aliphatic carbocycles. The predicted molar refractivity (Wildman–Crippen MR) is 73.0 cm³/mol. The molecule has 6 heteroatoms. The highest BCUT2D eigenvalue weighted by Crippen LogP contribution is 2.38. The van der Waals surface area contributed by atoms with Crippen molar-refractivity contribution in [3.63, 3.8) is 0 Å². The number of hydrogen-bond donors (Lipinski definition) is 2. The Labute approximate surface area is 114 Å². The van der Waals surface area contributed by atoms with Crippen molar-refractivity contribution in [1.82, 2.24) is 4.90 Å². The predicted octanol–water partition coefficient (Wildman–Crippen LogP) is 1.18.